The number of anilines is 1. The van der Waals surface area contributed by atoms with Crippen LogP contribution in [0.5, 0.6) is 5.75 Å². The highest BCUT2D eigenvalue weighted by molar-refractivity contribution is 6.14. The highest BCUT2D eigenvalue weighted by atomic mass is 16.3. The second-order valence-electron chi connectivity index (χ2n) is 3.53. The van der Waals surface area contributed by atoms with Crippen LogP contribution in [-0.2, 0) is 9.59 Å². The van der Waals surface area contributed by atoms with E-state index >= 15 is 0 Å². The molecule has 0 saturated heterocycles. The molecule has 7 nitrogen and oxygen atoms in total. The van der Waals surface area contributed by atoms with E-state index in [4.69, 9.17) is 0 Å². The largest absolute Gasteiger partial charge is 0.505 e. The first kappa shape index (κ1) is 11.1. The molecule has 0 bridgehead atoms. The van der Waals surface area contributed by atoms with Gasteiger partial charge in [-0.25, -0.2) is 0 Å². The molecule has 2 N–H and O–H groups in total. The first-order valence-electron chi connectivity index (χ1n) is 4.85. The number of fused-ring (bicyclic) bond motifs is 1. The highest BCUT2D eigenvalue weighted by Crippen LogP contribution is 2.28. The van der Waals surface area contributed by atoms with Crippen LogP contribution in [0.1, 0.15) is 13.8 Å². The fourth-order valence-corrected chi connectivity index (χ4v) is 1.63. The summed E-state index contributed by atoms with van der Waals surface area (Å²) in [6.45, 7) is 2.54. The van der Waals surface area contributed by atoms with E-state index in [-0.39, 0.29) is 11.4 Å². The van der Waals surface area contributed by atoms with Crippen molar-refractivity contribution in [3.05, 3.63) is 12.1 Å². The van der Waals surface area contributed by atoms with Crippen molar-refractivity contribution in [2.75, 3.05) is 4.90 Å². The second-order valence-corrected chi connectivity index (χ2v) is 3.53. The standard InChI is InChI=1S/C10H10N4O3/c1-5(15)14(6(2)16)7-3-8-10(9(17)4-7)12-13-11-8/h3-4,17H,1-2H3,(H,11,12,13). The van der Waals surface area contributed by atoms with Gasteiger partial charge in [0.15, 0.2) is 5.52 Å². The molecule has 2 rings (SSSR count). The molecule has 0 fully saturated rings. The first-order chi connectivity index (χ1) is 8.00. The molecule has 17 heavy (non-hydrogen) atoms. The molecule has 7 heteroatoms. The van der Waals surface area contributed by atoms with Gasteiger partial charge < -0.3 is 5.11 Å². The molecule has 88 valence electrons. The number of amides is 2. The van der Waals surface area contributed by atoms with Gasteiger partial charge in [-0.3, -0.25) is 14.5 Å². The molecule has 0 unspecified atom stereocenters. The maximum Gasteiger partial charge on any atom is 0.230 e. The summed E-state index contributed by atoms with van der Waals surface area (Å²) in [6, 6.07) is 2.80. The first-order valence-corrected chi connectivity index (χ1v) is 4.85. The molecule has 0 aliphatic rings. The third-order valence-electron chi connectivity index (χ3n) is 2.27. The topological polar surface area (TPSA) is 99.2 Å². The number of hydrogen-bond acceptors (Lipinski definition) is 5. The predicted octanol–water partition coefficient (Wildman–Crippen LogP) is 0.563. The number of aromatic hydroxyl groups is 1. The number of benzene rings is 1. The Morgan fingerprint density at radius 2 is 1.88 bits per heavy atom. The van der Waals surface area contributed by atoms with E-state index in [0.29, 0.717) is 11.0 Å². The lowest BCUT2D eigenvalue weighted by Crippen LogP contribution is -2.32. The number of aromatic nitrogens is 3. The average molecular weight is 234 g/mol. The summed E-state index contributed by atoms with van der Waals surface area (Å²) in [6.07, 6.45) is 0. The Balaban J connectivity index is 2.61. The van der Waals surface area contributed by atoms with Crippen LogP contribution >= 0.6 is 0 Å². The molecule has 0 radical (unpaired) electrons. The zero-order valence-electron chi connectivity index (χ0n) is 9.26. The number of H-pyrrole nitrogens is 1. The Labute approximate surface area is 96.0 Å². The van der Waals surface area contributed by atoms with Crippen molar-refractivity contribution in [2.24, 2.45) is 0 Å². The van der Waals surface area contributed by atoms with Gasteiger partial charge in [0.05, 0.1) is 5.69 Å². The van der Waals surface area contributed by atoms with Crippen LogP contribution < -0.4 is 4.90 Å². The Hall–Kier alpha value is -2.44. The smallest absolute Gasteiger partial charge is 0.230 e. The molecule has 0 saturated carbocycles. The Morgan fingerprint density at radius 1 is 1.24 bits per heavy atom. The number of nitrogens with zero attached hydrogens (tertiary/aromatic N) is 3. The van der Waals surface area contributed by atoms with Crippen molar-refractivity contribution < 1.29 is 14.7 Å². The van der Waals surface area contributed by atoms with Crippen molar-refractivity contribution in [2.45, 2.75) is 13.8 Å². The normalized spacial score (nSPS) is 10.5. The number of carbonyl (C=O) groups excluding carboxylic acids is 2. The Kier molecular flexibility index (Phi) is 2.51. The summed E-state index contributed by atoms with van der Waals surface area (Å²) < 4.78 is 0. The number of hydrogen-bond donors (Lipinski definition) is 2. The van der Waals surface area contributed by atoms with Crippen molar-refractivity contribution in [1.82, 2.24) is 15.4 Å². The van der Waals surface area contributed by atoms with Gasteiger partial charge in [-0.1, -0.05) is 0 Å². The number of phenolic OH excluding ortho intramolecular Hbond substituents is 1. The summed E-state index contributed by atoms with van der Waals surface area (Å²) >= 11 is 0. The van der Waals surface area contributed by atoms with Gasteiger partial charge in [-0.2, -0.15) is 15.4 Å². The Morgan fingerprint density at radius 3 is 2.47 bits per heavy atom. The second kappa shape index (κ2) is 3.85. The SMILES string of the molecule is CC(=O)N(C(C)=O)c1cc(O)c2n[nH]nc2c1. The van der Waals surface area contributed by atoms with E-state index in [1.54, 1.807) is 0 Å². The molecule has 2 amide bonds. The molecule has 1 heterocycles. The van der Waals surface area contributed by atoms with Gasteiger partial charge in [0.2, 0.25) is 11.8 Å². The minimum Gasteiger partial charge on any atom is -0.505 e. The van der Waals surface area contributed by atoms with Crippen LogP contribution in [0.3, 0.4) is 0 Å². The Bertz CT molecular complexity index is 591. The van der Waals surface area contributed by atoms with E-state index < -0.39 is 11.8 Å². The van der Waals surface area contributed by atoms with Crippen LogP contribution in [0, 0.1) is 0 Å². The van der Waals surface area contributed by atoms with Crippen LogP contribution in [0.4, 0.5) is 5.69 Å². The molecule has 0 aliphatic carbocycles. The van der Waals surface area contributed by atoms with Crippen LogP contribution in [0.15, 0.2) is 12.1 Å². The number of aromatic amines is 1. The number of nitrogens with one attached hydrogen (secondary N) is 1. The summed E-state index contributed by atoms with van der Waals surface area (Å²) in [5.74, 6) is -1.00. The van der Waals surface area contributed by atoms with Gasteiger partial charge >= 0.3 is 0 Å². The van der Waals surface area contributed by atoms with Gasteiger partial charge in [-0.05, 0) is 6.07 Å². The minimum absolute atomic E-state index is 0.140. The van der Waals surface area contributed by atoms with Crippen LogP contribution in [0.25, 0.3) is 11.0 Å². The third kappa shape index (κ3) is 1.82. The molecule has 0 spiro atoms. The minimum atomic E-state index is -0.431. The molecular weight excluding hydrogens is 224 g/mol. The third-order valence-corrected chi connectivity index (χ3v) is 2.27. The lowest BCUT2D eigenvalue weighted by Gasteiger charge is -2.17. The van der Waals surface area contributed by atoms with Crippen molar-refractivity contribution in [3.63, 3.8) is 0 Å². The van der Waals surface area contributed by atoms with Gasteiger partial charge in [0, 0.05) is 19.9 Å². The van der Waals surface area contributed by atoms with E-state index in [1.807, 2.05) is 0 Å². The number of phenols is 1. The molecule has 2 aromatic rings. The number of imide groups is 1. The van der Waals surface area contributed by atoms with Crippen molar-refractivity contribution >= 4 is 28.5 Å². The molecule has 1 aromatic heterocycles. The van der Waals surface area contributed by atoms with Gasteiger partial charge in [-0.15, -0.1) is 0 Å². The highest BCUT2D eigenvalue weighted by Gasteiger charge is 2.18. The fraction of sp³-hybridized carbons (Fsp3) is 0.200. The fourth-order valence-electron chi connectivity index (χ4n) is 1.63. The molecule has 0 aliphatic heterocycles. The van der Waals surface area contributed by atoms with E-state index in [1.165, 1.54) is 26.0 Å². The summed E-state index contributed by atoms with van der Waals surface area (Å²) in [5.41, 5.74) is 0.942. The lowest BCUT2D eigenvalue weighted by molar-refractivity contribution is -0.124. The maximum atomic E-state index is 11.4. The van der Waals surface area contributed by atoms with E-state index in [0.717, 1.165) is 4.90 Å². The van der Waals surface area contributed by atoms with E-state index in [9.17, 15) is 14.7 Å². The van der Waals surface area contributed by atoms with Crippen LogP contribution in [0.2, 0.25) is 0 Å². The maximum absolute atomic E-state index is 11.4. The number of rotatable bonds is 1. The van der Waals surface area contributed by atoms with Crippen molar-refractivity contribution in [1.29, 1.82) is 0 Å². The van der Waals surface area contributed by atoms with Crippen molar-refractivity contribution in [3.8, 4) is 5.75 Å². The molecular formula is C10H10N4O3. The van der Waals surface area contributed by atoms with Gasteiger partial charge in [0.1, 0.15) is 11.3 Å². The number of carbonyl (C=O) groups is 2. The monoisotopic (exact) mass is 234 g/mol. The molecule has 1 aromatic carbocycles. The van der Waals surface area contributed by atoms with Crippen LogP contribution in [-0.4, -0.2) is 32.3 Å². The lowest BCUT2D eigenvalue weighted by atomic mass is 10.2. The van der Waals surface area contributed by atoms with E-state index in [2.05, 4.69) is 15.4 Å². The van der Waals surface area contributed by atoms with Gasteiger partial charge in [0.25, 0.3) is 0 Å². The molecule has 0 atom stereocenters. The summed E-state index contributed by atoms with van der Waals surface area (Å²) in [4.78, 5) is 23.7. The predicted molar refractivity (Wildman–Crippen MR) is 59.4 cm³/mol. The average Bonchev–Trinajstić information content (AvgIpc) is 2.64. The summed E-state index contributed by atoms with van der Waals surface area (Å²) in [7, 11) is 0. The zero-order chi connectivity index (χ0) is 12.6. The zero-order valence-corrected chi connectivity index (χ0v) is 9.26. The quantitative estimate of drug-likeness (QED) is 0.751. The summed E-state index contributed by atoms with van der Waals surface area (Å²) in [5, 5.41) is 19.6.